The SMILES string of the molecule is CN=C(NCCc1ccccn1)NC1CC(=O)N(c2ccccc2)C1.I. The first-order chi connectivity index (χ1) is 12.3. The third kappa shape index (κ3) is 5.42. The molecule has 1 aliphatic heterocycles. The highest BCUT2D eigenvalue weighted by molar-refractivity contribution is 14.0. The first-order valence-electron chi connectivity index (χ1n) is 8.49. The number of benzene rings is 1. The number of hydrogen-bond acceptors (Lipinski definition) is 3. The van der Waals surface area contributed by atoms with E-state index in [1.165, 1.54) is 0 Å². The molecule has 138 valence electrons. The molecule has 1 aromatic carbocycles. The van der Waals surface area contributed by atoms with Crippen LogP contribution in [0, 0.1) is 0 Å². The maximum absolute atomic E-state index is 12.3. The number of carbonyl (C=O) groups is 1. The van der Waals surface area contributed by atoms with Gasteiger partial charge in [0.2, 0.25) is 5.91 Å². The van der Waals surface area contributed by atoms with Crippen molar-refractivity contribution in [2.24, 2.45) is 4.99 Å². The van der Waals surface area contributed by atoms with Crippen LogP contribution in [0.15, 0.2) is 59.7 Å². The van der Waals surface area contributed by atoms with Crippen LogP contribution in [0.3, 0.4) is 0 Å². The van der Waals surface area contributed by atoms with Crippen molar-refractivity contribution >= 4 is 41.5 Å². The molecule has 7 heteroatoms. The molecule has 1 unspecified atom stereocenters. The minimum atomic E-state index is 0. The van der Waals surface area contributed by atoms with Crippen molar-refractivity contribution in [3.8, 4) is 0 Å². The van der Waals surface area contributed by atoms with Crippen LogP contribution in [0.25, 0.3) is 0 Å². The Labute approximate surface area is 171 Å². The molecule has 0 spiro atoms. The molecule has 6 nitrogen and oxygen atoms in total. The molecule has 2 heterocycles. The number of guanidine groups is 1. The maximum Gasteiger partial charge on any atom is 0.229 e. The molecule has 1 fully saturated rings. The highest BCUT2D eigenvalue weighted by Crippen LogP contribution is 2.20. The fourth-order valence-electron chi connectivity index (χ4n) is 2.90. The van der Waals surface area contributed by atoms with Gasteiger partial charge in [0.15, 0.2) is 5.96 Å². The van der Waals surface area contributed by atoms with E-state index < -0.39 is 0 Å². The van der Waals surface area contributed by atoms with Crippen LogP contribution >= 0.6 is 24.0 Å². The molecule has 1 aliphatic rings. The van der Waals surface area contributed by atoms with Crippen molar-refractivity contribution in [1.29, 1.82) is 0 Å². The topological polar surface area (TPSA) is 69.6 Å². The zero-order valence-electron chi connectivity index (χ0n) is 14.8. The van der Waals surface area contributed by atoms with Crippen LogP contribution in [0.5, 0.6) is 0 Å². The average Bonchev–Trinajstić information content (AvgIpc) is 3.02. The van der Waals surface area contributed by atoms with E-state index >= 15 is 0 Å². The third-order valence-corrected chi connectivity index (χ3v) is 4.16. The van der Waals surface area contributed by atoms with Crippen molar-refractivity contribution in [3.63, 3.8) is 0 Å². The summed E-state index contributed by atoms with van der Waals surface area (Å²) < 4.78 is 0. The number of amides is 1. The van der Waals surface area contributed by atoms with Gasteiger partial charge < -0.3 is 15.5 Å². The van der Waals surface area contributed by atoms with Crippen LogP contribution in [0.1, 0.15) is 12.1 Å². The van der Waals surface area contributed by atoms with Gasteiger partial charge in [-0.2, -0.15) is 0 Å². The Morgan fingerprint density at radius 3 is 2.69 bits per heavy atom. The van der Waals surface area contributed by atoms with Crippen molar-refractivity contribution in [2.75, 3.05) is 25.0 Å². The summed E-state index contributed by atoms with van der Waals surface area (Å²) in [5, 5.41) is 6.62. The molecule has 0 radical (unpaired) electrons. The largest absolute Gasteiger partial charge is 0.356 e. The second-order valence-electron chi connectivity index (χ2n) is 5.96. The van der Waals surface area contributed by atoms with Gasteiger partial charge in [0.25, 0.3) is 0 Å². The summed E-state index contributed by atoms with van der Waals surface area (Å²) in [5.74, 6) is 0.844. The van der Waals surface area contributed by atoms with Gasteiger partial charge in [-0.1, -0.05) is 24.3 Å². The summed E-state index contributed by atoms with van der Waals surface area (Å²) in [6.07, 6.45) is 3.09. The molecular weight excluding hydrogens is 441 g/mol. The van der Waals surface area contributed by atoms with Gasteiger partial charge in [0.05, 0.1) is 6.04 Å². The number of hydrogen-bond donors (Lipinski definition) is 2. The molecule has 26 heavy (non-hydrogen) atoms. The number of nitrogens with one attached hydrogen (secondary N) is 2. The standard InChI is InChI=1S/C19H23N5O.HI/c1-20-19(22-12-10-15-7-5-6-11-21-15)23-16-13-18(25)24(14-16)17-8-3-2-4-9-17;/h2-9,11,16H,10,12-14H2,1H3,(H2,20,22,23);1H. The lowest BCUT2D eigenvalue weighted by Gasteiger charge is -2.19. The molecule has 3 rings (SSSR count). The quantitative estimate of drug-likeness (QED) is 0.404. The lowest BCUT2D eigenvalue weighted by atomic mass is 10.2. The van der Waals surface area contributed by atoms with Crippen LogP contribution in [-0.4, -0.2) is 43.0 Å². The number of nitrogens with zero attached hydrogens (tertiary/aromatic N) is 3. The summed E-state index contributed by atoms with van der Waals surface area (Å²) >= 11 is 0. The van der Waals surface area contributed by atoms with E-state index in [0.29, 0.717) is 18.9 Å². The third-order valence-electron chi connectivity index (χ3n) is 4.16. The van der Waals surface area contributed by atoms with Crippen LogP contribution in [-0.2, 0) is 11.2 Å². The molecule has 2 N–H and O–H groups in total. The summed E-state index contributed by atoms with van der Waals surface area (Å²) in [7, 11) is 1.74. The molecule has 0 bridgehead atoms. The van der Waals surface area contributed by atoms with E-state index in [0.717, 1.165) is 24.3 Å². The molecular formula is C19H24IN5O. The molecule has 1 saturated heterocycles. The first kappa shape index (κ1) is 20.2. The van der Waals surface area contributed by atoms with E-state index in [-0.39, 0.29) is 35.9 Å². The predicted octanol–water partition coefficient (Wildman–Crippen LogP) is 2.21. The molecule has 2 aromatic rings. The van der Waals surface area contributed by atoms with Crippen LogP contribution in [0.4, 0.5) is 5.69 Å². The highest BCUT2D eigenvalue weighted by Gasteiger charge is 2.30. The van der Waals surface area contributed by atoms with Crippen LogP contribution < -0.4 is 15.5 Å². The molecule has 1 aromatic heterocycles. The molecule has 0 saturated carbocycles. The summed E-state index contributed by atoms with van der Waals surface area (Å²) in [6, 6.07) is 15.7. The molecule has 1 atom stereocenters. The number of aliphatic imine (C=N–C) groups is 1. The predicted molar refractivity (Wildman–Crippen MR) is 115 cm³/mol. The van der Waals surface area contributed by atoms with Crippen molar-refractivity contribution < 1.29 is 4.79 Å². The van der Waals surface area contributed by atoms with E-state index in [1.807, 2.05) is 53.4 Å². The second kappa shape index (κ2) is 10.1. The Kier molecular flexibility index (Phi) is 7.83. The fraction of sp³-hybridized carbons (Fsp3) is 0.316. The van der Waals surface area contributed by atoms with Crippen molar-refractivity contribution in [3.05, 3.63) is 60.4 Å². The number of carbonyl (C=O) groups excluding carboxylic acids is 1. The monoisotopic (exact) mass is 465 g/mol. The van der Waals surface area contributed by atoms with Gasteiger partial charge >= 0.3 is 0 Å². The highest BCUT2D eigenvalue weighted by atomic mass is 127. The normalized spacial score (nSPS) is 17.0. The molecule has 0 aliphatic carbocycles. The minimum absolute atomic E-state index is 0. The van der Waals surface area contributed by atoms with Gasteiger partial charge in [0.1, 0.15) is 0 Å². The Hall–Kier alpha value is -2.16. The lowest BCUT2D eigenvalue weighted by Crippen LogP contribution is -2.45. The number of rotatable bonds is 5. The first-order valence-corrected chi connectivity index (χ1v) is 8.49. The van der Waals surface area contributed by atoms with E-state index in [9.17, 15) is 4.79 Å². The smallest absolute Gasteiger partial charge is 0.229 e. The van der Waals surface area contributed by atoms with Gasteiger partial charge in [-0.25, -0.2) is 0 Å². The molecule has 1 amide bonds. The van der Waals surface area contributed by atoms with Gasteiger partial charge in [0, 0.05) is 50.6 Å². The van der Waals surface area contributed by atoms with E-state index in [4.69, 9.17) is 0 Å². The zero-order valence-corrected chi connectivity index (χ0v) is 17.1. The Morgan fingerprint density at radius 1 is 1.23 bits per heavy atom. The van der Waals surface area contributed by atoms with Gasteiger partial charge in [-0.3, -0.25) is 14.8 Å². The minimum Gasteiger partial charge on any atom is -0.356 e. The van der Waals surface area contributed by atoms with Crippen LogP contribution in [0.2, 0.25) is 0 Å². The summed E-state index contributed by atoms with van der Waals surface area (Å²) in [5.41, 5.74) is 1.98. The Morgan fingerprint density at radius 2 is 2.00 bits per heavy atom. The van der Waals surface area contributed by atoms with E-state index in [2.05, 4.69) is 20.6 Å². The van der Waals surface area contributed by atoms with E-state index in [1.54, 1.807) is 13.2 Å². The van der Waals surface area contributed by atoms with Crippen molar-refractivity contribution in [1.82, 2.24) is 15.6 Å². The lowest BCUT2D eigenvalue weighted by molar-refractivity contribution is -0.117. The Bertz CT molecular complexity index is 723. The fourth-order valence-corrected chi connectivity index (χ4v) is 2.90. The van der Waals surface area contributed by atoms with Gasteiger partial charge in [-0.05, 0) is 24.3 Å². The van der Waals surface area contributed by atoms with Gasteiger partial charge in [-0.15, -0.1) is 24.0 Å². The number of para-hydroxylation sites is 1. The average molecular weight is 465 g/mol. The summed E-state index contributed by atoms with van der Waals surface area (Å²) in [4.78, 5) is 22.6. The maximum atomic E-state index is 12.3. The zero-order chi connectivity index (χ0) is 17.5. The number of anilines is 1. The number of aromatic nitrogens is 1. The number of pyridine rings is 1. The van der Waals surface area contributed by atoms with Crippen molar-refractivity contribution in [2.45, 2.75) is 18.9 Å². The number of halogens is 1. The Balaban J connectivity index is 0.00000243. The summed E-state index contributed by atoms with van der Waals surface area (Å²) in [6.45, 7) is 1.38. The second-order valence-corrected chi connectivity index (χ2v) is 5.96.